The first-order valence-corrected chi connectivity index (χ1v) is 5.28. The summed E-state index contributed by atoms with van der Waals surface area (Å²) in [5.74, 6) is 0.122. The van der Waals surface area contributed by atoms with Gasteiger partial charge >= 0.3 is 0 Å². The van der Waals surface area contributed by atoms with Gasteiger partial charge in [0, 0.05) is 6.04 Å². The predicted molar refractivity (Wildman–Crippen MR) is 43.8 cm³/mol. The Morgan fingerprint density at radius 2 is 2.09 bits per heavy atom. The fourth-order valence-electron chi connectivity index (χ4n) is 0.671. The van der Waals surface area contributed by atoms with E-state index in [4.69, 9.17) is 5.11 Å². The van der Waals surface area contributed by atoms with Crippen LogP contribution in [0.3, 0.4) is 0 Å². The topological polar surface area (TPSA) is 66.4 Å². The standard InChI is InChI=1S/C6H15NO3S/c1-3-4-11(9,10)7-6(2)5-8/h6-8H,3-5H2,1-2H3/t6-/m1/s1. The minimum absolute atomic E-state index is 0.122. The van der Waals surface area contributed by atoms with Crippen LogP contribution in [0.15, 0.2) is 0 Å². The summed E-state index contributed by atoms with van der Waals surface area (Å²) in [4.78, 5) is 0. The van der Waals surface area contributed by atoms with Crippen molar-refractivity contribution in [3.63, 3.8) is 0 Å². The summed E-state index contributed by atoms with van der Waals surface area (Å²) < 4.78 is 24.3. The van der Waals surface area contributed by atoms with Crippen LogP contribution in [0, 0.1) is 0 Å². The first-order chi connectivity index (χ1) is 5.02. The van der Waals surface area contributed by atoms with Crippen molar-refractivity contribution in [2.45, 2.75) is 26.3 Å². The van der Waals surface area contributed by atoms with Gasteiger partial charge in [0.25, 0.3) is 0 Å². The van der Waals surface area contributed by atoms with E-state index in [0.717, 1.165) is 0 Å². The molecule has 0 aromatic heterocycles. The first-order valence-electron chi connectivity index (χ1n) is 3.62. The molecule has 0 aromatic rings. The Bertz CT molecular complexity index is 188. The van der Waals surface area contributed by atoms with Crippen LogP contribution in [-0.2, 0) is 10.0 Å². The summed E-state index contributed by atoms with van der Waals surface area (Å²) in [5, 5.41) is 8.54. The molecule has 0 saturated carbocycles. The molecule has 5 heteroatoms. The zero-order valence-electron chi connectivity index (χ0n) is 6.87. The Balaban J connectivity index is 3.92. The van der Waals surface area contributed by atoms with Crippen LogP contribution in [0.2, 0.25) is 0 Å². The molecule has 0 aliphatic heterocycles. The molecule has 2 N–H and O–H groups in total. The number of hydrogen-bond acceptors (Lipinski definition) is 3. The summed E-state index contributed by atoms with van der Waals surface area (Å²) >= 11 is 0. The van der Waals surface area contributed by atoms with Crippen LogP contribution in [0.25, 0.3) is 0 Å². The summed E-state index contributed by atoms with van der Waals surface area (Å²) in [5.41, 5.74) is 0. The lowest BCUT2D eigenvalue weighted by atomic mass is 10.4. The third-order valence-corrected chi connectivity index (χ3v) is 2.83. The van der Waals surface area contributed by atoms with E-state index in [1.54, 1.807) is 13.8 Å². The normalized spacial score (nSPS) is 14.8. The van der Waals surface area contributed by atoms with E-state index in [-0.39, 0.29) is 18.4 Å². The monoisotopic (exact) mass is 181 g/mol. The highest BCUT2D eigenvalue weighted by Gasteiger charge is 2.11. The maximum absolute atomic E-state index is 11.0. The van der Waals surface area contributed by atoms with Gasteiger partial charge in [0.2, 0.25) is 10.0 Å². The molecule has 11 heavy (non-hydrogen) atoms. The molecule has 1 atom stereocenters. The molecule has 68 valence electrons. The van der Waals surface area contributed by atoms with E-state index in [2.05, 4.69) is 4.72 Å². The van der Waals surface area contributed by atoms with Crippen molar-refractivity contribution in [3.8, 4) is 0 Å². The van der Waals surface area contributed by atoms with Crippen molar-refractivity contribution in [1.29, 1.82) is 0 Å². The van der Waals surface area contributed by atoms with Crippen molar-refractivity contribution >= 4 is 10.0 Å². The quantitative estimate of drug-likeness (QED) is 0.612. The highest BCUT2D eigenvalue weighted by Crippen LogP contribution is 1.90. The lowest BCUT2D eigenvalue weighted by Crippen LogP contribution is -2.36. The minimum atomic E-state index is -3.15. The summed E-state index contributed by atoms with van der Waals surface area (Å²) in [6.07, 6.45) is 0.591. The van der Waals surface area contributed by atoms with Gasteiger partial charge in [-0.1, -0.05) is 6.92 Å². The van der Waals surface area contributed by atoms with Crippen LogP contribution < -0.4 is 4.72 Å². The van der Waals surface area contributed by atoms with Crippen molar-refractivity contribution < 1.29 is 13.5 Å². The second-order valence-corrected chi connectivity index (χ2v) is 4.39. The highest BCUT2D eigenvalue weighted by atomic mass is 32.2. The highest BCUT2D eigenvalue weighted by molar-refractivity contribution is 7.89. The van der Waals surface area contributed by atoms with Crippen molar-refractivity contribution in [2.24, 2.45) is 0 Å². The second-order valence-electron chi connectivity index (χ2n) is 2.52. The molecule has 0 heterocycles. The van der Waals surface area contributed by atoms with Gasteiger partial charge in [-0.25, -0.2) is 13.1 Å². The minimum Gasteiger partial charge on any atom is -0.395 e. The van der Waals surface area contributed by atoms with Crippen molar-refractivity contribution in [2.75, 3.05) is 12.4 Å². The molecule has 4 nitrogen and oxygen atoms in total. The van der Waals surface area contributed by atoms with Crippen molar-refractivity contribution in [3.05, 3.63) is 0 Å². The van der Waals surface area contributed by atoms with E-state index in [9.17, 15) is 8.42 Å². The Morgan fingerprint density at radius 1 is 1.55 bits per heavy atom. The van der Waals surface area contributed by atoms with Gasteiger partial charge in [-0.05, 0) is 13.3 Å². The van der Waals surface area contributed by atoms with E-state index >= 15 is 0 Å². The Hall–Kier alpha value is -0.130. The average molecular weight is 181 g/mol. The number of sulfonamides is 1. The lowest BCUT2D eigenvalue weighted by Gasteiger charge is -2.09. The smallest absolute Gasteiger partial charge is 0.211 e. The maximum atomic E-state index is 11.0. The Morgan fingerprint density at radius 3 is 2.45 bits per heavy atom. The lowest BCUT2D eigenvalue weighted by molar-refractivity contribution is 0.265. The van der Waals surface area contributed by atoms with Crippen LogP contribution >= 0.6 is 0 Å². The second kappa shape index (κ2) is 4.69. The van der Waals surface area contributed by atoms with Gasteiger partial charge in [-0.3, -0.25) is 0 Å². The van der Waals surface area contributed by atoms with Crippen molar-refractivity contribution in [1.82, 2.24) is 4.72 Å². The molecule has 0 spiro atoms. The van der Waals surface area contributed by atoms with E-state index in [0.29, 0.717) is 6.42 Å². The summed E-state index contributed by atoms with van der Waals surface area (Å²) in [7, 11) is -3.15. The molecular formula is C6H15NO3S. The molecule has 0 rings (SSSR count). The predicted octanol–water partition coefficient (Wildman–Crippen LogP) is -0.303. The SMILES string of the molecule is CCCS(=O)(=O)N[C@H](C)CO. The van der Waals surface area contributed by atoms with Gasteiger partial charge in [0.1, 0.15) is 0 Å². The van der Waals surface area contributed by atoms with E-state index < -0.39 is 10.0 Å². The average Bonchev–Trinajstić information content (AvgIpc) is 1.86. The largest absolute Gasteiger partial charge is 0.395 e. The number of aliphatic hydroxyl groups excluding tert-OH is 1. The van der Waals surface area contributed by atoms with E-state index in [1.807, 2.05) is 0 Å². The maximum Gasteiger partial charge on any atom is 0.211 e. The molecule has 0 radical (unpaired) electrons. The molecule has 0 amide bonds. The van der Waals surface area contributed by atoms with Gasteiger partial charge in [-0.15, -0.1) is 0 Å². The number of nitrogens with one attached hydrogen (secondary N) is 1. The van der Waals surface area contributed by atoms with Gasteiger partial charge < -0.3 is 5.11 Å². The van der Waals surface area contributed by atoms with Gasteiger partial charge in [-0.2, -0.15) is 0 Å². The van der Waals surface area contributed by atoms with Gasteiger partial charge in [0.15, 0.2) is 0 Å². The van der Waals surface area contributed by atoms with Crippen LogP contribution in [0.4, 0.5) is 0 Å². The summed E-state index contributed by atoms with van der Waals surface area (Å²) in [6, 6.07) is -0.383. The van der Waals surface area contributed by atoms with Gasteiger partial charge in [0.05, 0.1) is 12.4 Å². The molecule has 0 aliphatic rings. The third-order valence-electron chi connectivity index (χ3n) is 1.13. The van der Waals surface area contributed by atoms with E-state index in [1.165, 1.54) is 0 Å². The molecule has 0 fully saturated rings. The zero-order chi connectivity index (χ0) is 8.91. The number of aliphatic hydroxyl groups is 1. The molecule has 0 bridgehead atoms. The third kappa shape index (κ3) is 5.17. The fourth-order valence-corrected chi connectivity index (χ4v) is 2.01. The zero-order valence-corrected chi connectivity index (χ0v) is 7.69. The van der Waals surface area contributed by atoms with Crippen LogP contribution in [0.1, 0.15) is 20.3 Å². The summed E-state index contributed by atoms with van der Waals surface area (Å²) in [6.45, 7) is 3.25. The molecule has 0 saturated heterocycles. The Labute approximate surface area is 67.7 Å². The van der Waals surface area contributed by atoms with Crippen LogP contribution in [0.5, 0.6) is 0 Å². The molecule has 0 aliphatic carbocycles. The Kier molecular flexibility index (Phi) is 4.63. The number of rotatable bonds is 5. The number of hydrogen-bond donors (Lipinski definition) is 2. The fraction of sp³-hybridized carbons (Fsp3) is 1.00. The molecule has 0 unspecified atom stereocenters. The first kappa shape index (κ1) is 10.9. The molecule has 0 aromatic carbocycles. The molecular weight excluding hydrogens is 166 g/mol. The van der Waals surface area contributed by atoms with Crippen LogP contribution in [-0.4, -0.2) is 31.9 Å².